The van der Waals surface area contributed by atoms with Crippen LogP contribution in [0.25, 0.3) is 0 Å². The lowest BCUT2D eigenvalue weighted by Crippen LogP contribution is -2.44. The molecule has 5 nitrogen and oxygen atoms in total. The predicted molar refractivity (Wildman–Crippen MR) is 68.7 cm³/mol. The summed E-state index contributed by atoms with van der Waals surface area (Å²) in [5.74, 6) is -0.935. The number of carbonyl (C=O) groups is 2. The fourth-order valence-electron chi connectivity index (χ4n) is 1.60. The molecular weight excluding hydrogens is 218 g/mol. The molecule has 0 radical (unpaired) electrons. The second-order valence-electron chi connectivity index (χ2n) is 3.76. The van der Waals surface area contributed by atoms with Crippen LogP contribution in [0.5, 0.6) is 0 Å². The molecule has 2 amide bonds. The van der Waals surface area contributed by atoms with Gasteiger partial charge in [0, 0.05) is 26.2 Å². The highest BCUT2D eigenvalue weighted by Gasteiger charge is 2.18. The first kappa shape index (κ1) is 15.9. The van der Waals surface area contributed by atoms with Gasteiger partial charge in [0.15, 0.2) is 0 Å². The van der Waals surface area contributed by atoms with Gasteiger partial charge >= 0.3 is 11.8 Å². The molecule has 0 rings (SSSR count). The molecule has 0 unspecified atom stereocenters. The van der Waals surface area contributed by atoms with E-state index in [9.17, 15) is 9.59 Å². The first-order valence-corrected chi connectivity index (χ1v) is 6.39. The van der Waals surface area contributed by atoms with Crippen LogP contribution in [0.15, 0.2) is 0 Å². The molecular formula is C12H25N3O2. The zero-order valence-corrected chi connectivity index (χ0v) is 11.5. The minimum atomic E-state index is -0.499. The number of rotatable bonds is 7. The van der Waals surface area contributed by atoms with Crippen LogP contribution in [0.4, 0.5) is 0 Å². The average Bonchev–Trinajstić information content (AvgIpc) is 2.35. The number of nitrogens with zero attached hydrogens (tertiary/aromatic N) is 2. The molecule has 17 heavy (non-hydrogen) atoms. The van der Waals surface area contributed by atoms with Crippen molar-refractivity contribution in [1.82, 2.24) is 15.1 Å². The molecule has 0 spiro atoms. The largest absolute Gasteiger partial charge is 0.347 e. The van der Waals surface area contributed by atoms with Gasteiger partial charge in [-0.2, -0.15) is 0 Å². The van der Waals surface area contributed by atoms with Gasteiger partial charge in [0.1, 0.15) is 0 Å². The molecule has 0 aliphatic carbocycles. The van der Waals surface area contributed by atoms with Crippen LogP contribution in [0, 0.1) is 0 Å². The zero-order chi connectivity index (χ0) is 13.3. The first-order valence-electron chi connectivity index (χ1n) is 6.39. The molecule has 0 saturated carbocycles. The van der Waals surface area contributed by atoms with Crippen molar-refractivity contribution in [2.24, 2.45) is 0 Å². The minimum absolute atomic E-state index is 0.436. The molecule has 5 heteroatoms. The van der Waals surface area contributed by atoms with Crippen molar-refractivity contribution < 1.29 is 9.59 Å². The van der Waals surface area contributed by atoms with E-state index in [-0.39, 0.29) is 0 Å². The van der Waals surface area contributed by atoms with Crippen molar-refractivity contribution in [3.05, 3.63) is 0 Å². The van der Waals surface area contributed by atoms with Crippen LogP contribution in [0.3, 0.4) is 0 Å². The highest BCUT2D eigenvalue weighted by atomic mass is 16.2. The maximum absolute atomic E-state index is 11.6. The molecule has 0 fully saturated rings. The number of amides is 2. The Morgan fingerprint density at radius 1 is 0.941 bits per heavy atom. The molecule has 1 N–H and O–H groups in total. The minimum Gasteiger partial charge on any atom is -0.347 e. The van der Waals surface area contributed by atoms with E-state index < -0.39 is 11.8 Å². The van der Waals surface area contributed by atoms with Gasteiger partial charge in [-0.1, -0.05) is 13.8 Å². The maximum Gasteiger partial charge on any atom is 0.311 e. The first-order chi connectivity index (χ1) is 8.10. The smallest absolute Gasteiger partial charge is 0.311 e. The van der Waals surface area contributed by atoms with Crippen molar-refractivity contribution in [2.75, 3.05) is 39.3 Å². The summed E-state index contributed by atoms with van der Waals surface area (Å²) in [5, 5.41) is 2.66. The number of hydrogen-bond donors (Lipinski definition) is 1. The summed E-state index contributed by atoms with van der Waals surface area (Å²) in [6, 6.07) is 0. The highest BCUT2D eigenvalue weighted by molar-refractivity contribution is 6.34. The van der Waals surface area contributed by atoms with E-state index in [1.807, 2.05) is 13.8 Å². The Labute approximate surface area is 104 Å². The molecule has 0 aliphatic rings. The fourth-order valence-corrected chi connectivity index (χ4v) is 1.60. The number of likely N-dealkylation sites (N-methyl/N-ethyl adjacent to an activating group) is 2. The normalized spacial score (nSPS) is 10.4. The second kappa shape index (κ2) is 8.98. The van der Waals surface area contributed by atoms with E-state index in [2.05, 4.69) is 24.1 Å². The quantitative estimate of drug-likeness (QED) is 0.655. The van der Waals surface area contributed by atoms with Crippen molar-refractivity contribution >= 4 is 11.8 Å². The van der Waals surface area contributed by atoms with E-state index in [0.717, 1.165) is 19.6 Å². The van der Waals surface area contributed by atoms with E-state index in [1.54, 1.807) is 0 Å². The summed E-state index contributed by atoms with van der Waals surface area (Å²) in [5.41, 5.74) is 0. The molecule has 0 aromatic carbocycles. The highest BCUT2D eigenvalue weighted by Crippen LogP contribution is 1.89. The van der Waals surface area contributed by atoms with Gasteiger partial charge in [-0.05, 0) is 26.9 Å². The van der Waals surface area contributed by atoms with E-state index >= 15 is 0 Å². The Hall–Kier alpha value is -1.10. The Morgan fingerprint density at radius 2 is 1.47 bits per heavy atom. The maximum atomic E-state index is 11.6. The summed E-state index contributed by atoms with van der Waals surface area (Å²) < 4.78 is 0. The van der Waals surface area contributed by atoms with Crippen molar-refractivity contribution in [1.29, 1.82) is 0 Å². The third kappa shape index (κ3) is 5.68. The third-order valence-corrected chi connectivity index (χ3v) is 2.85. The van der Waals surface area contributed by atoms with Crippen molar-refractivity contribution in [2.45, 2.75) is 27.7 Å². The van der Waals surface area contributed by atoms with Crippen LogP contribution in [0.1, 0.15) is 27.7 Å². The summed E-state index contributed by atoms with van der Waals surface area (Å²) in [4.78, 5) is 26.9. The summed E-state index contributed by atoms with van der Waals surface area (Å²) >= 11 is 0. The van der Waals surface area contributed by atoms with E-state index in [0.29, 0.717) is 19.6 Å². The van der Waals surface area contributed by atoms with Gasteiger partial charge in [-0.25, -0.2) is 0 Å². The summed E-state index contributed by atoms with van der Waals surface area (Å²) in [7, 11) is 0. The van der Waals surface area contributed by atoms with Crippen molar-refractivity contribution in [3.8, 4) is 0 Å². The lowest BCUT2D eigenvalue weighted by Gasteiger charge is -2.20. The van der Waals surface area contributed by atoms with Crippen LogP contribution in [-0.2, 0) is 9.59 Å². The lowest BCUT2D eigenvalue weighted by molar-refractivity contribution is -0.145. The lowest BCUT2D eigenvalue weighted by atomic mass is 10.4. The van der Waals surface area contributed by atoms with E-state index in [1.165, 1.54) is 4.90 Å². The van der Waals surface area contributed by atoms with E-state index in [4.69, 9.17) is 0 Å². The predicted octanol–water partition coefficient (Wildman–Crippen LogP) is 0.313. The molecule has 0 aliphatic heterocycles. The molecule has 0 bridgehead atoms. The van der Waals surface area contributed by atoms with Gasteiger partial charge in [-0.15, -0.1) is 0 Å². The zero-order valence-electron chi connectivity index (χ0n) is 11.5. The Morgan fingerprint density at radius 3 is 1.88 bits per heavy atom. The summed E-state index contributed by atoms with van der Waals surface area (Å²) in [6.07, 6.45) is 0. The fraction of sp³-hybridized carbons (Fsp3) is 0.833. The average molecular weight is 243 g/mol. The SMILES string of the molecule is CCN(CC)CCNC(=O)C(=O)N(CC)CC. The standard InChI is InChI=1S/C12H25N3O2/c1-5-14(6-2)10-9-13-11(16)12(17)15(7-3)8-4/h5-10H2,1-4H3,(H,13,16). The Bertz CT molecular complexity index is 236. The topological polar surface area (TPSA) is 52.7 Å². The molecule has 0 saturated heterocycles. The Balaban J connectivity index is 3.97. The molecule has 0 atom stereocenters. The van der Waals surface area contributed by atoms with Crippen molar-refractivity contribution in [3.63, 3.8) is 0 Å². The Kier molecular flexibility index (Phi) is 8.40. The molecule has 100 valence electrons. The third-order valence-electron chi connectivity index (χ3n) is 2.85. The molecule has 0 aromatic heterocycles. The van der Waals surface area contributed by atoms with Crippen LogP contribution in [0.2, 0.25) is 0 Å². The van der Waals surface area contributed by atoms with Gasteiger partial charge in [-0.3, -0.25) is 9.59 Å². The van der Waals surface area contributed by atoms with Gasteiger partial charge < -0.3 is 15.1 Å². The number of nitrogens with one attached hydrogen (secondary N) is 1. The second-order valence-corrected chi connectivity index (χ2v) is 3.76. The van der Waals surface area contributed by atoms with Crippen LogP contribution in [-0.4, -0.2) is 60.9 Å². The van der Waals surface area contributed by atoms with Gasteiger partial charge in [0.05, 0.1) is 0 Å². The van der Waals surface area contributed by atoms with Crippen LogP contribution < -0.4 is 5.32 Å². The summed E-state index contributed by atoms with van der Waals surface area (Å²) in [6.45, 7) is 12.2. The number of hydrogen-bond acceptors (Lipinski definition) is 3. The number of carbonyl (C=O) groups excluding carboxylic acids is 2. The van der Waals surface area contributed by atoms with Gasteiger partial charge in [0.2, 0.25) is 0 Å². The van der Waals surface area contributed by atoms with Crippen LogP contribution >= 0.6 is 0 Å². The molecule has 0 heterocycles. The van der Waals surface area contributed by atoms with Gasteiger partial charge in [0.25, 0.3) is 0 Å². The monoisotopic (exact) mass is 243 g/mol. The molecule has 0 aromatic rings.